The molecule has 1 aromatic heterocycles. The van der Waals surface area contributed by atoms with Crippen molar-refractivity contribution in [3.05, 3.63) is 52.3 Å². The highest BCUT2D eigenvalue weighted by molar-refractivity contribution is 5.97. The first-order valence-electron chi connectivity index (χ1n) is 8.09. The topological polar surface area (TPSA) is 104 Å². The van der Waals surface area contributed by atoms with Crippen molar-refractivity contribution in [1.29, 1.82) is 0 Å². The lowest BCUT2D eigenvalue weighted by molar-refractivity contribution is -0.122. The fourth-order valence-electron chi connectivity index (χ4n) is 3.53. The Bertz CT molecular complexity index is 819. The van der Waals surface area contributed by atoms with Crippen molar-refractivity contribution in [2.24, 2.45) is 5.73 Å². The SMILES string of the molecule is Cl.NC(=O)C1Cc2ccccc2CN1C(=O)c1n[nH]c2c1CNCC2. The molecular weight excluding hydrogens is 342 g/mol. The molecule has 4 rings (SSSR count). The smallest absolute Gasteiger partial charge is 0.275 e. The Kier molecular flexibility index (Phi) is 4.78. The predicted molar refractivity (Wildman–Crippen MR) is 94.2 cm³/mol. The van der Waals surface area contributed by atoms with E-state index in [1.807, 2.05) is 24.3 Å². The van der Waals surface area contributed by atoms with E-state index in [1.54, 1.807) is 4.90 Å². The van der Waals surface area contributed by atoms with Gasteiger partial charge in [-0.3, -0.25) is 14.7 Å². The molecule has 2 aliphatic rings. The minimum atomic E-state index is -0.642. The lowest BCUT2D eigenvalue weighted by Gasteiger charge is -2.35. The summed E-state index contributed by atoms with van der Waals surface area (Å²) in [5.41, 5.74) is 9.96. The fourth-order valence-corrected chi connectivity index (χ4v) is 3.53. The number of benzene rings is 1. The summed E-state index contributed by atoms with van der Waals surface area (Å²) in [5.74, 6) is -0.727. The molecule has 0 spiro atoms. The molecule has 0 saturated heterocycles. The Morgan fingerprint density at radius 2 is 2.00 bits per heavy atom. The zero-order chi connectivity index (χ0) is 16.7. The number of halogens is 1. The number of H-pyrrole nitrogens is 1. The average molecular weight is 362 g/mol. The van der Waals surface area contributed by atoms with E-state index in [1.165, 1.54) is 0 Å². The van der Waals surface area contributed by atoms with E-state index < -0.39 is 11.9 Å². The number of hydrogen-bond acceptors (Lipinski definition) is 4. The molecule has 3 heterocycles. The quantitative estimate of drug-likeness (QED) is 0.725. The summed E-state index contributed by atoms with van der Waals surface area (Å²) in [7, 11) is 0. The van der Waals surface area contributed by atoms with Crippen molar-refractivity contribution in [1.82, 2.24) is 20.4 Å². The van der Waals surface area contributed by atoms with Gasteiger partial charge in [0.2, 0.25) is 5.91 Å². The molecule has 0 aliphatic carbocycles. The minimum absolute atomic E-state index is 0. The van der Waals surface area contributed by atoms with Crippen LogP contribution in [0.3, 0.4) is 0 Å². The molecule has 2 amide bonds. The van der Waals surface area contributed by atoms with E-state index in [0.29, 0.717) is 25.2 Å². The third-order valence-electron chi connectivity index (χ3n) is 4.85. The van der Waals surface area contributed by atoms with Gasteiger partial charge in [0, 0.05) is 43.7 Å². The van der Waals surface area contributed by atoms with Crippen molar-refractivity contribution in [3.8, 4) is 0 Å². The van der Waals surface area contributed by atoms with Crippen LogP contribution in [0.5, 0.6) is 0 Å². The number of rotatable bonds is 2. The lowest BCUT2D eigenvalue weighted by Crippen LogP contribution is -2.51. The Hall–Kier alpha value is -2.38. The Morgan fingerprint density at radius 3 is 2.76 bits per heavy atom. The highest BCUT2D eigenvalue weighted by atomic mass is 35.5. The summed E-state index contributed by atoms with van der Waals surface area (Å²) in [4.78, 5) is 26.5. The maximum atomic E-state index is 13.1. The van der Waals surface area contributed by atoms with Crippen LogP contribution < -0.4 is 11.1 Å². The first-order valence-corrected chi connectivity index (χ1v) is 8.09. The van der Waals surface area contributed by atoms with Crippen LogP contribution in [0, 0.1) is 0 Å². The van der Waals surface area contributed by atoms with Gasteiger partial charge in [-0.25, -0.2) is 0 Å². The van der Waals surface area contributed by atoms with Crippen LogP contribution in [0.1, 0.15) is 32.9 Å². The Morgan fingerprint density at radius 1 is 1.24 bits per heavy atom. The lowest BCUT2D eigenvalue weighted by atomic mass is 9.93. The van der Waals surface area contributed by atoms with Crippen LogP contribution in [0.4, 0.5) is 0 Å². The largest absolute Gasteiger partial charge is 0.368 e. The molecule has 0 bridgehead atoms. The van der Waals surface area contributed by atoms with Crippen molar-refractivity contribution >= 4 is 24.2 Å². The van der Waals surface area contributed by atoms with Crippen molar-refractivity contribution in [2.45, 2.75) is 32.0 Å². The third-order valence-corrected chi connectivity index (χ3v) is 4.85. The molecule has 0 saturated carbocycles. The maximum Gasteiger partial charge on any atom is 0.275 e. The number of amides is 2. The van der Waals surface area contributed by atoms with Gasteiger partial charge in [0.15, 0.2) is 5.69 Å². The van der Waals surface area contributed by atoms with Gasteiger partial charge in [0.1, 0.15) is 6.04 Å². The summed E-state index contributed by atoms with van der Waals surface area (Å²) in [6.07, 6.45) is 1.26. The van der Waals surface area contributed by atoms with Crippen molar-refractivity contribution < 1.29 is 9.59 Å². The molecule has 4 N–H and O–H groups in total. The number of aromatic nitrogens is 2. The number of primary amides is 1. The van der Waals surface area contributed by atoms with Gasteiger partial charge < -0.3 is 16.0 Å². The molecule has 1 atom stereocenters. The number of nitrogens with one attached hydrogen (secondary N) is 2. The van der Waals surface area contributed by atoms with Crippen molar-refractivity contribution in [3.63, 3.8) is 0 Å². The summed E-state index contributed by atoms with van der Waals surface area (Å²) in [5, 5.41) is 10.4. The first-order chi connectivity index (χ1) is 11.6. The van der Waals surface area contributed by atoms with Gasteiger partial charge in [0.05, 0.1) is 0 Å². The van der Waals surface area contributed by atoms with E-state index in [0.717, 1.165) is 35.3 Å². The summed E-state index contributed by atoms with van der Waals surface area (Å²) in [6.45, 7) is 1.85. The number of fused-ring (bicyclic) bond motifs is 2. The average Bonchev–Trinajstić information content (AvgIpc) is 3.04. The van der Waals surface area contributed by atoms with Crippen LogP contribution in [0.15, 0.2) is 24.3 Å². The molecule has 2 aromatic rings. The molecule has 1 unspecified atom stereocenters. The highest BCUT2D eigenvalue weighted by Gasteiger charge is 2.36. The first kappa shape index (κ1) is 17.4. The molecule has 0 radical (unpaired) electrons. The zero-order valence-corrected chi connectivity index (χ0v) is 14.4. The zero-order valence-electron chi connectivity index (χ0n) is 13.6. The number of carbonyl (C=O) groups excluding carboxylic acids is 2. The van der Waals surface area contributed by atoms with Crippen LogP contribution >= 0.6 is 12.4 Å². The number of nitrogens with two attached hydrogens (primary N) is 1. The molecule has 132 valence electrons. The van der Waals surface area contributed by atoms with Gasteiger partial charge in [0.25, 0.3) is 5.91 Å². The summed E-state index contributed by atoms with van der Waals surface area (Å²) >= 11 is 0. The summed E-state index contributed by atoms with van der Waals surface area (Å²) < 4.78 is 0. The molecule has 25 heavy (non-hydrogen) atoms. The Labute approximate surface area is 151 Å². The van der Waals surface area contributed by atoms with E-state index in [4.69, 9.17) is 5.73 Å². The number of hydrogen-bond donors (Lipinski definition) is 3. The molecular formula is C17H20ClN5O2. The normalized spacial score (nSPS) is 18.7. The molecule has 0 fully saturated rings. The van der Waals surface area contributed by atoms with Gasteiger partial charge in [-0.05, 0) is 11.1 Å². The van der Waals surface area contributed by atoms with Gasteiger partial charge in [-0.1, -0.05) is 24.3 Å². The van der Waals surface area contributed by atoms with E-state index in [9.17, 15) is 9.59 Å². The van der Waals surface area contributed by atoms with Crippen LogP contribution in [0.2, 0.25) is 0 Å². The standard InChI is InChI=1S/C17H19N5O2.ClH/c18-16(23)14-7-10-3-1-2-4-11(10)9-22(14)17(24)15-12-8-19-6-5-13(12)20-21-15;/h1-4,14,19H,5-9H2,(H2,18,23)(H,20,21);1H. The van der Waals surface area contributed by atoms with Crippen LogP contribution in [-0.2, 0) is 30.7 Å². The summed E-state index contributed by atoms with van der Waals surface area (Å²) in [6, 6.07) is 7.19. The van der Waals surface area contributed by atoms with Gasteiger partial charge >= 0.3 is 0 Å². The van der Waals surface area contributed by atoms with Crippen LogP contribution in [-0.4, -0.2) is 39.5 Å². The Balaban J connectivity index is 0.00000182. The van der Waals surface area contributed by atoms with Gasteiger partial charge in [-0.2, -0.15) is 5.10 Å². The molecule has 1 aromatic carbocycles. The van der Waals surface area contributed by atoms with Crippen molar-refractivity contribution in [2.75, 3.05) is 6.54 Å². The van der Waals surface area contributed by atoms with E-state index in [2.05, 4.69) is 15.5 Å². The fraction of sp³-hybridized carbons (Fsp3) is 0.353. The highest BCUT2D eigenvalue weighted by Crippen LogP contribution is 2.26. The van der Waals surface area contributed by atoms with Gasteiger partial charge in [-0.15, -0.1) is 12.4 Å². The monoisotopic (exact) mass is 361 g/mol. The second-order valence-corrected chi connectivity index (χ2v) is 6.28. The number of aromatic amines is 1. The maximum absolute atomic E-state index is 13.1. The predicted octanol–water partition coefficient (Wildman–Crippen LogP) is 0.530. The third kappa shape index (κ3) is 3.01. The minimum Gasteiger partial charge on any atom is -0.368 e. The van der Waals surface area contributed by atoms with Crippen LogP contribution in [0.25, 0.3) is 0 Å². The molecule has 2 aliphatic heterocycles. The van der Waals surface area contributed by atoms with E-state index in [-0.39, 0.29) is 18.3 Å². The molecule has 7 nitrogen and oxygen atoms in total. The molecule has 8 heteroatoms. The number of nitrogens with zero attached hydrogens (tertiary/aromatic N) is 2. The number of carbonyl (C=O) groups is 2. The second kappa shape index (κ2) is 6.85. The second-order valence-electron chi connectivity index (χ2n) is 6.28. The van der Waals surface area contributed by atoms with E-state index >= 15 is 0 Å².